The predicted octanol–water partition coefficient (Wildman–Crippen LogP) is 5.47. The summed E-state index contributed by atoms with van der Waals surface area (Å²) in [6, 6.07) is 13.8. The second-order valence-electron chi connectivity index (χ2n) is 6.20. The van der Waals surface area contributed by atoms with Crippen molar-refractivity contribution in [3.8, 4) is 11.5 Å². The van der Waals surface area contributed by atoms with Crippen LogP contribution in [-0.4, -0.2) is 35.4 Å². The first-order chi connectivity index (χ1) is 14.0. The summed E-state index contributed by atoms with van der Waals surface area (Å²) in [5.41, 5.74) is 2.00. The Morgan fingerprint density at radius 2 is 2.03 bits per heavy atom. The van der Waals surface area contributed by atoms with E-state index in [4.69, 9.17) is 21.7 Å². The number of ether oxygens (including phenoxy) is 2. The Labute approximate surface area is 188 Å². The van der Waals surface area contributed by atoms with Gasteiger partial charge >= 0.3 is 0 Å². The summed E-state index contributed by atoms with van der Waals surface area (Å²) in [6.07, 6.45) is 4.25. The number of methoxy groups -OCH3 is 1. The molecule has 29 heavy (non-hydrogen) atoms. The summed E-state index contributed by atoms with van der Waals surface area (Å²) >= 11 is 10.3. The van der Waals surface area contributed by atoms with E-state index in [9.17, 15) is 4.79 Å². The molecule has 0 atom stereocenters. The molecule has 3 rings (SSSR count). The normalized spacial score (nSPS) is 15.1. The summed E-state index contributed by atoms with van der Waals surface area (Å²) in [5.74, 6) is 1.10. The van der Waals surface area contributed by atoms with Crippen LogP contribution < -0.4 is 9.47 Å². The van der Waals surface area contributed by atoms with Gasteiger partial charge in [0, 0.05) is 6.54 Å². The van der Waals surface area contributed by atoms with Crippen molar-refractivity contribution in [1.29, 1.82) is 0 Å². The van der Waals surface area contributed by atoms with Gasteiger partial charge in [0.25, 0.3) is 5.91 Å². The minimum atomic E-state index is -0.0713. The Bertz CT molecular complexity index is 960. The molecule has 0 aromatic heterocycles. The number of thioether (sulfide) groups is 1. The monoisotopic (exact) mass is 489 g/mol. The zero-order valence-electron chi connectivity index (χ0n) is 15.9. The molecular formula is C22H20BrNO3S2. The zero-order valence-corrected chi connectivity index (χ0v) is 19.1. The number of thiocarbonyl (C=S) groups is 1. The molecule has 150 valence electrons. The van der Waals surface area contributed by atoms with E-state index in [0.29, 0.717) is 33.9 Å². The van der Waals surface area contributed by atoms with Crippen LogP contribution in [0, 0.1) is 0 Å². The molecule has 1 fully saturated rings. The average molecular weight is 490 g/mol. The lowest BCUT2D eigenvalue weighted by atomic mass is 10.1. The number of carbonyl (C=O) groups is 1. The summed E-state index contributed by atoms with van der Waals surface area (Å²) in [7, 11) is 1.58. The van der Waals surface area contributed by atoms with Crippen LogP contribution in [0.5, 0.6) is 11.5 Å². The van der Waals surface area contributed by atoms with Gasteiger partial charge in [-0.05, 0) is 51.7 Å². The number of carbonyl (C=O) groups excluding carboxylic acids is 1. The maximum atomic E-state index is 12.9. The van der Waals surface area contributed by atoms with Crippen molar-refractivity contribution in [2.45, 2.75) is 6.42 Å². The van der Waals surface area contributed by atoms with Crippen LogP contribution in [0.3, 0.4) is 0 Å². The lowest BCUT2D eigenvalue weighted by molar-refractivity contribution is -0.122. The highest BCUT2D eigenvalue weighted by atomic mass is 79.9. The van der Waals surface area contributed by atoms with E-state index < -0.39 is 0 Å². The van der Waals surface area contributed by atoms with Gasteiger partial charge in [0.05, 0.1) is 16.5 Å². The van der Waals surface area contributed by atoms with Gasteiger partial charge in [0.1, 0.15) is 10.9 Å². The number of benzene rings is 2. The molecule has 4 nitrogen and oxygen atoms in total. The number of amides is 1. The first-order valence-corrected chi connectivity index (χ1v) is 11.0. The minimum absolute atomic E-state index is 0.0713. The van der Waals surface area contributed by atoms with Crippen LogP contribution >= 0.6 is 39.9 Å². The quantitative estimate of drug-likeness (QED) is 0.279. The second kappa shape index (κ2) is 10.1. The van der Waals surface area contributed by atoms with Gasteiger partial charge in [0.15, 0.2) is 11.5 Å². The van der Waals surface area contributed by atoms with Crippen LogP contribution in [-0.2, 0) is 11.2 Å². The van der Waals surface area contributed by atoms with E-state index in [0.717, 1.165) is 16.5 Å². The fourth-order valence-electron chi connectivity index (χ4n) is 2.84. The molecule has 1 saturated heterocycles. The molecule has 0 bridgehead atoms. The molecule has 2 aromatic carbocycles. The largest absolute Gasteiger partial charge is 0.493 e. The molecule has 0 aliphatic carbocycles. The fourth-order valence-corrected chi connectivity index (χ4v) is 4.72. The Morgan fingerprint density at radius 3 is 2.72 bits per heavy atom. The van der Waals surface area contributed by atoms with Crippen molar-refractivity contribution >= 4 is 56.2 Å². The summed E-state index contributed by atoms with van der Waals surface area (Å²) < 4.78 is 12.4. The van der Waals surface area contributed by atoms with Gasteiger partial charge in [-0.1, -0.05) is 67.0 Å². The molecule has 0 N–H and O–H groups in total. The number of rotatable bonds is 8. The van der Waals surface area contributed by atoms with E-state index >= 15 is 0 Å². The molecule has 0 saturated carbocycles. The topological polar surface area (TPSA) is 38.8 Å². The maximum Gasteiger partial charge on any atom is 0.266 e. The van der Waals surface area contributed by atoms with Gasteiger partial charge in [0.2, 0.25) is 0 Å². The van der Waals surface area contributed by atoms with Crippen LogP contribution in [0.15, 0.2) is 64.5 Å². The Morgan fingerprint density at radius 1 is 1.28 bits per heavy atom. The van der Waals surface area contributed by atoms with Crippen LogP contribution in [0.4, 0.5) is 0 Å². The minimum Gasteiger partial charge on any atom is -0.493 e. The van der Waals surface area contributed by atoms with Crippen LogP contribution in [0.25, 0.3) is 6.08 Å². The molecule has 7 heteroatoms. The molecule has 2 aromatic rings. The molecule has 0 radical (unpaired) electrons. The average Bonchev–Trinajstić information content (AvgIpc) is 2.98. The van der Waals surface area contributed by atoms with Crippen LogP contribution in [0.2, 0.25) is 0 Å². The predicted molar refractivity (Wildman–Crippen MR) is 126 cm³/mol. The molecule has 0 unspecified atom stereocenters. The zero-order chi connectivity index (χ0) is 20.8. The smallest absolute Gasteiger partial charge is 0.266 e. The van der Waals surface area contributed by atoms with Gasteiger partial charge in [-0.2, -0.15) is 0 Å². The van der Waals surface area contributed by atoms with Crippen molar-refractivity contribution < 1.29 is 14.3 Å². The van der Waals surface area contributed by atoms with Crippen LogP contribution in [0.1, 0.15) is 11.1 Å². The highest BCUT2D eigenvalue weighted by molar-refractivity contribution is 9.10. The Hall–Kier alpha value is -2.09. The molecule has 1 amide bonds. The van der Waals surface area contributed by atoms with Gasteiger partial charge in [-0.15, -0.1) is 0 Å². The number of hydrogen-bond acceptors (Lipinski definition) is 5. The van der Waals surface area contributed by atoms with Crippen molar-refractivity contribution in [1.82, 2.24) is 4.90 Å². The third-order valence-electron chi connectivity index (χ3n) is 4.24. The van der Waals surface area contributed by atoms with Crippen molar-refractivity contribution in [2.24, 2.45) is 0 Å². The van der Waals surface area contributed by atoms with E-state index in [-0.39, 0.29) is 5.91 Å². The van der Waals surface area contributed by atoms with E-state index in [1.54, 1.807) is 18.1 Å². The molecule has 0 spiro atoms. The number of hydrogen-bond donors (Lipinski definition) is 0. The lowest BCUT2D eigenvalue weighted by Gasteiger charge is -2.14. The number of nitrogens with zero attached hydrogens (tertiary/aromatic N) is 1. The third kappa shape index (κ3) is 5.29. The van der Waals surface area contributed by atoms with Crippen molar-refractivity contribution in [3.63, 3.8) is 0 Å². The first kappa shape index (κ1) is 21.6. The lowest BCUT2D eigenvalue weighted by Crippen LogP contribution is -2.30. The standard InChI is InChI=1S/C22H20BrNO3S2/c1-3-11-27-20-17(23)12-16(13-18(20)26-2)14-19-21(25)24(22(28)29-19)10-9-15-7-5-4-6-8-15/h3-8,12-14H,1,9-11H2,2H3. The summed E-state index contributed by atoms with van der Waals surface area (Å²) in [6.45, 7) is 4.59. The van der Waals surface area contributed by atoms with E-state index in [1.165, 1.54) is 17.3 Å². The number of halogens is 1. The second-order valence-corrected chi connectivity index (χ2v) is 8.73. The van der Waals surface area contributed by atoms with E-state index in [1.807, 2.05) is 48.5 Å². The Balaban J connectivity index is 1.78. The molecule has 1 aliphatic heterocycles. The summed E-state index contributed by atoms with van der Waals surface area (Å²) in [4.78, 5) is 15.1. The summed E-state index contributed by atoms with van der Waals surface area (Å²) in [5, 5.41) is 0. The van der Waals surface area contributed by atoms with Crippen molar-refractivity contribution in [3.05, 3.63) is 75.6 Å². The highest BCUT2D eigenvalue weighted by Crippen LogP contribution is 2.39. The SMILES string of the molecule is C=CCOc1c(Br)cc(C=C2SC(=S)N(CCc3ccccc3)C2=O)cc1OC. The van der Waals surface area contributed by atoms with Crippen molar-refractivity contribution in [2.75, 3.05) is 20.3 Å². The Kier molecular flexibility index (Phi) is 7.52. The molecule has 1 aliphatic rings. The van der Waals surface area contributed by atoms with Gasteiger partial charge < -0.3 is 9.47 Å². The molecular weight excluding hydrogens is 470 g/mol. The van der Waals surface area contributed by atoms with E-state index in [2.05, 4.69) is 22.5 Å². The maximum absolute atomic E-state index is 12.9. The molecule has 1 heterocycles. The van der Waals surface area contributed by atoms with Gasteiger partial charge in [-0.3, -0.25) is 9.69 Å². The fraction of sp³-hybridized carbons (Fsp3) is 0.182. The first-order valence-electron chi connectivity index (χ1n) is 8.94. The highest BCUT2D eigenvalue weighted by Gasteiger charge is 2.31. The van der Waals surface area contributed by atoms with Gasteiger partial charge in [-0.25, -0.2) is 0 Å². The third-order valence-corrected chi connectivity index (χ3v) is 6.20.